The lowest BCUT2D eigenvalue weighted by atomic mass is 10.1. The van der Waals surface area contributed by atoms with Crippen LogP contribution in [0.4, 0.5) is 5.69 Å². The monoisotopic (exact) mass is 482 g/mol. The minimum absolute atomic E-state index is 0.127. The molecule has 0 radical (unpaired) electrons. The van der Waals surface area contributed by atoms with E-state index in [-0.39, 0.29) is 18.4 Å². The van der Waals surface area contributed by atoms with Crippen molar-refractivity contribution in [2.45, 2.75) is 39.7 Å². The number of carbonyl (C=O) groups excluding carboxylic acids is 1. The maximum atomic E-state index is 13.7. The fourth-order valence-electron chi connectivity index (χ4n) is 5.45. The molecule has 36 heavy (non-hydrogen) atoms. The van der Waals surface area contributed by atoms with Crippen molar-refractivity contribution in [3.05, 3.63) is 94.7 Å². The number of aryl methyl sites for hydroxylation is 1. The van der Waals surface area contributed by atoms with Crippen LogP contribution >= 0.6 is 0 Å². The predicted molar refractivity (Wildman–Crippen MR) is 141 cm³/mol. The molecule has 6 nitrogen and oxygen atoms in total. The Morgan fingerprint density at radius 3 is 2.53 bits per heavy atom. The van der Waals surface area contributed by atoms with Crippen molar-refractivity contribution < 1.29 is 19.4 Å². The van der Waals surface area contributed by atoms with Crippen LogP contribution in [0.25, 0.3) is 10.9 Å². The zero-order valence-corrected chi connectivity index (χ0v) is 20.8. The molecular weight excluding hydrogens is 452 g/mol. The number of ether oxygens (including phenoxy) is 1. The molecule has 2 heterocycles. The third kappa shape index (κ3) is 4.13. The van der Waals surface area contributed by atoms with Crippen LogP contribution in [0.1, 0.15) is 39.7 Å². The lowest BCUT2D eigenvalue weighted by Crippen LogP contribution is -2.36. The molecule has 5 rings (SSSR count). The highest BCUT2D eigenvalue weighted by Crippen LogP contribution is 2.32. The van der Waals surface area contributed by atoms with Crippen LogP contribution in [0, 0.1) is 13.8 Å². The minimum atomic E-state index is -0.918. The average molecular weight is 483 g/mol. The van der Waals surface area contributed by atoms with Crippen molar-refractivity contribution in [1.29, 1.82) is 0 Å². The molecule has 0 spiro atoms. The number of nitrogens with zero attached hydrogens (tertiary/aromatic N) is 2. The second kappa shape index (κ2) is 9.53. The average Bonchev–Trinajstić information content (AvgIpc) is 3.36. The molecule has 184 valence electrons. The van der Waals surface area contributed by atoms with Gasteiger partial charge in [-0.15, -0.1) is 0 Å². The molecule has 1 unspecified atom stereocenters. The van der Waals surface area contributed by atoms with E-state index in [1.807, 2.05) is 50.2 Å². The summed E-state index contributed by atoms with van der Waals surface area (Å²) in [6.45, 7) is 7.36. The van der Waals surface area contributed by atoms with Gasteiger partial charge in [-0.3, -0.25) is 14.2 Å². The summed E-state index contributed by atoms with van der Waals surface area (Å²) in [6, 6.07) is 21.8. The van der Waals surface area contributed by atoms with E-state index in [4.69, 9.17) is 4.74 Å². The largest absolute Gasteiger partial charge is 0.491 e. The van der Waals surface area contributed by atoms with Crippen LogP contribution in [-0.2, 0) is 17.6 Å². The van der Waals surface area contributed by atoms with Crippen molar-refractivity contribution >= 4 is 28.5 Å². The van der Waals surface area contributed by atoms with Gasteiger partial charge < -0.3 is 14.7 Å². The van der Waals surface area contributed by atoms with Crippen LogP contribution < -0.4 is 9.64 Å². The van der Waals surface area contributed by atoms with Crippen molar-refractivity contribution in [2.24, 2.45) is 0 Å². The Kier molecular flexibility index (Phi) is 6.27. The number of carboxylic acids is 1. The summed E-state index contributed by atoms with van der Waals surface area (Å²) in [5, 5.41) is 10.2. The molecule has 1 aliphatic heterocycles. The summed E-state index contributed by atoms with van der Waals surface area (Å²) in [6.07, 6.45) is 0.830. The molecule has 1 N–H and O–H groups in total. The highest BCUT2D eigenvalue weighted by atomic mass is 16.5. The van der Waals surface area contributed by atoms with E-state index in [1.54, 1.807) is 10.6 Å². The number of hydrogen-bond donors (Lipinski definition) is 1. The number of rotatable bonds is 7. The molecule has 3 aromatic carbocycles. The molecule has 0 fully saturated rings. The van der Waals surface area contributed by atoms with Gasteiger partial charge in [0.2, 0.25) is 0 Å². The van der Waals surface area contributed by atoms with Crippen molar-refractivity contribution in [2.75, 3.05) is 18.1 Å². The van der Waals surface area contributed by atoms with Crippen molar-refractivity contribution in [3.63, 3.8) is 0 Å². The van der Waals surface area contributed by atoms with Crippen molar-refractivity contribution in [3.8, 4) is 5.75 Å². The summed E-state index contributed by atoms with van der Waals surface area (Å²) in [4.78, 5) is 27.5. The summed E-state index contributed by atoms with van der Waals surface area (Å²) in [5.41, 5.74) is 6.05. The van der Waals surface area contributed by atoms with Gasteiger partial charge in [0, 0.05) is 28.9 Å². The first kappa shape index (κ1) is 23.7. The van der Waals surface area contributed by atoms with Crippen LogP contribution in [0.5, 0.6) is 5.75 Å². The van der Waals surface area contributed by atoms with Gasteiger partial charge in [0.15, 0.2) is 0 Å². The first-order valence-corrected chi connectivity index (χ1v) is 12.3. The van der Waals surface area contributed by atoms with Gasteiger partial charge in [-0.2, -0.15) is 0 Å². The summed E-state index contributed by atoms with van der Waals surface area (Å²) < 4.78 is 7.82. The zero-order chi connectivity index (χ0) is 25.4. The SMILES string of the molecule is CCN1c2ccccc2CC1COc1ccc(C(=O)n2c(C)c(CC(=O)O)c3ccccc32)c(C)c1. The number of anilines is 1. The third-order valence-corrected chi connectivity index (χ3v) is 7.18. The van der Waals surface area contributed by atoms with Crippen LogP contribution in [-0.4, -0.2) is 40.7 Å². The Hall–Kier alpha value is -4.06. The normalized spacial score (nSPS) is 14.8. The quantitative estimate of drug-likeness (QED) is 0.382. The minimum Gasteiger partial charge on any atom is -0.491 e. The third-order valence-electron chi connectivity index (χ3n) is 7.18. The first-order chi connectivity index (χ1) is 17.4. The van der Waals surface area contributed by atoms with Gasteiger partial charge in [0.05, 0.1) is 18.0 Å². The van der Waals surface area contributed by atoms with E-state index < -0.39 is 5.97 Å². The van der Waals surface area contributed by atoms with Gasteiger partial charge in [0.25, 0.3) is 5.91 Å². The summed E-state index contributed by atoms with van der Waals surface area (Å²) in [7, 11) is 0. The number of aliphatic carboxylic acids is 1. The van der Waals surface area contributed by atoms with E-state index in [1.165, 1.54) is 11.3 Å². The van der Waals surface area contributed by atoms with Gasteiger partial charge >= 0.3 is 5.97 Å². The number of carbonyl (C=O) groups is 2. The standard InChI is InChI=1S/C30H30N2O4/c1-4-31-22(16-21-9-5-7-11-27(21)31)18-36-23-13-14-24(19(2)15-23)30(35)32-20(3)26(17-29(33)34)25-10-6-8-12-28(25)32/h5-15,22H,4,16-18H2,1-3H3,(H,33,34). The van der Waals surface area contributed by atoms with Crippen LogP contribution in [0.2, 0.25) is 0 Å². The first-order valence-electron chi connectivity index (χ1n) is 12.3. The number of fused-ring (bicyclic) bond motifs is 2. The van der Waals surface area contributed by atoms with Gasteiger partial charge in [-0.25, -0.2) is 0 Å². The lowest BCUT2D eigenvalue weighted by Gasteiger charge is -2.26. The molecule has 0 aliphatic carbocycles. The number of benzene rings is 3. The zero-order valence-electron chi connectivity index (χ0n) is 20.8. The van der Waals surface area contributed by atoms with E-state index >= 15 is 0 Å². The molecule has 0 bridgehead atoms. The summed E-state index contributed by atoms with van der Waals surface area (Å²) in [5.74, 6) is -0.359. The Bertz CT molecular complexity index is 1470. The van der Waals surface area contributed by atoms with Gasteiger partial charge in [-0.05, 0) is 74.2 Å². The van der Waals surface area contributed by atoms with E-state index in [2.05, 4.69) is 36.1 Å². The highest BCUT2D eigenvalue weighted by molar-refractivity contribution is 6.05. The Labute approximate surface area is 210 Å². The fourth-order valence-corrected chi connectivity index (χ4v) is 5.45. The van der Waals surface area contributed by atoms with Gasteiger partial charge in [0.1, 0.15) is 12.4 Å². The lowest BCUT2D eigenvalue weighted by molar-refractivity contribution is -0.136. The Balaban J connectivity index is 1.38. The van der Waals surface area contributed by atoms with Crippen LogP contribution in [0.3, 0.4) is 0 Å². The molecule has 1 atom stereocenters. The molecular formula is C30H30N2O4. The topological polar surface area (TPSA) is 71.8 Å². The van der Waals surface area contributed by atoms with E-state index in [9.17, 15) is 14.7 Å². The molecule has 0 saturated carbocycles. The highest BCUT2D eigenvalue weighted by Gasteiger charge is 2.28. The molecule has 0 saturated heterocycles. The second-order valence-electron chi connectivity index (χ2n) is 9.35. The number of hydrogen-bond acceptors (Lipinski definition) is 4. The molecule has 1 aliphatic rings. The Morgan fingerprint density at radius 2 is 1.78 bits per heavy atom. The molecule has 1 aromatic heterocycles. The predicted octanol–water partition coefficient (Wildman–Crippen LogP) is 5.40. The smallest absolute Gasteiger partial charge is 0.307 e. The maximum Gasteiger partial charge on any atom is 0.307 e. The second-order valence-corrected chi connectivity index (χ2v) is 9.35. The summed E-state index contributed by atoms with van der Waals surface area (Å²) >= 11 is 0. The fraction of sp³-hybridized carbons (Fsp3) is 0.267. The van der Waals surface area contributed by atoms with E-state index in [0.717, 1.165) is 35.2 Å². The molecule has 4 aromatic rings. The van der Waals surface area contributed by atoms with Crippen LogP contribution in [0.15, 0.2) is 66.7 Å². The van der Waals surface area contributed by atoms with E-state index in [0.29, 0.717) is 23.4 Å². The number of carboxylic acid groups (broad SMARTS) is 1. The maximum absolute atomic E-state index is 13.7. The van der Waals surface area contributed by atoms with Crippen molar-refractivity contribution in [1.82, 2.24) is 4.57 Å². The Morgan fingerprint density at radius 1 is 1.03 bits per heavy atom. The number of aromatic nitrogens is 1. The number of para-hydroxylation sites is 2. The number of likely N-dealkylation sites (N-methyl/N-ethyl adjacent to an activating group) is 1. The molecule has 0 amide bonds. The van der Waals surface area contributed by atoms with Gasteiger partial charge in [-0.1, -0.05) is 36.4 Å². The molecule has 6 heteroatoms.